The highest BCUT2D eigenvalue weighted by Crippen LogP contribution is 2.28. The molecule has 0 spiro atoms. The van der Waals surface area contributed by atoms with Gasteiger partial charge in [0.05, 0.1) is 0 Å². The van der Waals surface area contributed by atoms with E-state index in [1.807, 2.05) is 24.3 Å². The average molecular weight is 146 g/mol. The molecule has 56 valence electrons. The van der Waals surface area contributed by atoms with Gasteiger partial charge < -0.3 is 4.74 Å². The van der Waals surface area contributed by atoms with Crippen LogP contribution in [0.2, 0.25) is 0 Å². The molecule has 1 nitrogen and oxygen atoms in total. The van der Waals surface area contributed by atoms with Crippen molar-refractivity contribution in [3.05, 3.63) is 42.5 Å². The molecule has 0 aromatic heterocycles. The monoisotopic (exact) mass is 146 g/mol. The quantitative estimate of drug-likeness (QED) is 0.552. The van der Waals surface area contributed by atoms with E-state index in [0.29, 0.717) is 0 Å². The van der Waals surface area contributed by atoms with Gasteiger partial charge in [-0.3, -0.25) is 0 Å². The third kappa shape index (κ3) is 1.03. The van der Waals surface area contributed by atoms with Crippen LogP contribution in [-0.2, 0) is 6.42 Å². The number of hydrogen-bond acceptors (Lipinski definition) is 1. The molecule has 0 saturated heterocycles. The first-order valence-electron chi connectivity index (χ1n) is 3.77. The van der Waals surface area contributed by atoms with Gasteiger partial charge in [-0.2, -0.15) is 0 Å². The van der Waals surface area contributed by atoms with E-state index >= 15 is 0 Å². The van der Waals surface area contributed by atoms with Crippen LogP contribution < -0.4 is 4.74 Å². The van der Waals surface area contributed by atoms with Crippen LogP contribution in [0.15, 0.2) is 36.9 Å². The summed E-state index contributed by atoms with van der Waals surface area (Å²) in [7, 11) is 0. The fraction of sp³-hybridized carbons (Fsp3) is 0.200. The van der Waals surface area contributed by atoms with E-state index in [2.05, 4.69) is 12.6 Å². The van der Waals surface area contributed by atoms with Crippen LogP contribution >= 0.6 is 0 Å². The lowest BCUT2D eigenvalue weighted by Gasteiger charge is -2.02. The van der Waals surface area contributed by atoms with Crippen molar-refractivity contribution in [1.82, 2.24) is 0 Å². The minimum absolute atomic E-state index is 0.187. The second-order valence-corrected chi connectivity index (χ2v) is 2.70. The van der Waals surface area contributed by atoms with Crippen molar-refractivity contribution in [3.63, 3.8) is 0 Å². The van der Waals surface area contributed by atoms with Crippen LogP contribution in [0.25, 0.3) is 0 Å². The zero-order valence-corrected chi connectivity index (χ0v) is 6.29. The normalized spacial score (nSPS) is 20.5. The van der Waals surface area contributed by atoms with Crippen molar-refractivity contribution in [2.24, 2.45) is 0 Å². The summed E-state index contributed by atoms with van der Waals surface area (Å²) >= 11 is 0. The third-order valence-electron chi connectivity index (χ3n) is 1.93. The maximum absolute atomic E-state index is 5.54. The van der Waals surface area contributed by atoms with Gasteiger partial charge in [-0.15, -0.1) is 0 Å². The van der Waals surface area contributed by atoms with Gasteiger partial charge in [0, 0.05) is 6.42 Å². The summed E-state index contributed by atoms with van der Waals surface area (Å²) in [6, 6.07) is 8.12. The maximum Gasteiger partial charge on any atom is 0.123 e. The Morgan fingerprint density at radius 2 is 2.27 bits per heavy atom. The van der Waals surface area contributed by atoms with Gasteiger partial charge in [0.2, 0.25) is 0 Å². The third-order valence-corrected chi connectivity index (χ3v) is 1.93. The number of fused-ring (bicyclic) bond motifs is 1. The predicted octanol–water partition coefficient (Wildman–Crippen LogP) is 2.18. The van der Waals surface area contributed by atoms with Gasteiger partial charge in [0.25, 0.3) is 0 Å². The first-order valence-corrected chi connectivity index (χ1v) is 3.77. The van der Waals surface area contributed by atoms with E-state index < -0.39 is 0 Å². The first kappa shape index (κ1) is 6.47. The van der Waals surface area contributed by atoms with Crippen molar-refractivity contribution in [2.75, 3.05) is 0 Å². The predicted molar refractivity (Wildman–Crippen MR) is 44.8 cm³/mol. The van der Waals surface area contributed by atoms with E-state index in [0.717, 1.165) is 12.2 Å². The smallest absolute Gasteiger partial charge is 0.123 e. The Hall–Kier alpha value is -1.24. The standard InChI is InChI=1S/C10H10O/c1-2-9-7-8-5-3-4-6-10(8)11-9/h2-6,9H,1,7H2/t9-/m1/s1. The van der Waals surface area contributed by atoms with Gasteiger partial charge in [-0.1, -0.05) is 30.9 Å². The molecule has 1 heteroatoms. The maximum atomic E-state index is 5.54. The molecule has 1 aromatic carbocycles. The fourth-order valence-electron chi connectivity index (χ4n) is 1.34. The summed E-state index contributed by atoms with van der Waals surface area (Å²) in [4.78, 5) is 0. The van der Waals surface area contributed by atoms with E-state index in [9.17, 15) is 0 Å². The highest BCUT2D eigenvalue weighted by Gasteiger charge is 2.18. The van der Waals surface area contributed by atoms with E-state index in [4.69, 9.17) is 4.74 Å². The zero-order valence-electron chi connectivity index (χ0n) is 6.29. The number of hydrogen-bond donors (Lipinski definition) is 0. The number of ether oxygens (including phenoxy) is 1. The van der Waals surface area contributed by atoms with Crippen LogP contribution in [-0.4, -0.2) is 6.10 Å². The summed E-state index contributed by atoms with van der Waals surface area (Å²) in [5, 5.41) is 0. The fourth-order valence-corrected chi connectivity index (χ4v) is 1.34. The highest BCUT2D eigenvalue weighted by atomic mass is 16.5. The highest BCUT2D eigenvalue weighted by molar-refractivity contribution is 5.38. The number of benzene rings is 1. The molecule has 0 bridgehead atoms. The molecule has 1 heterocycles. The molecule has 0 unspecified atom stereocenters. The van der Waals surface area contributed by atoms with Crippen molar-refractivity contribution >= 4 is 0 Å². The molecule has 0 fully saturated rings. The van der Waals surface area contributed by atoms with Crippen LogP contribution in [0.1, 0.15) is 5.56 Å². The summed E-state index contributed by atoms with van der Waals surface area (Å²) in [5.41, 5.74) is 1.29. The number of rotatable bonds is 1. The zero-order chi connectivity index (χ0) is 7.68. The number of para-hydroxylation sites is 1. The molecule has 0 N–H and O–H groups in total. The van der Waals surface area contributed by atoms with Crippen molar-refractivity contribution in [1.29, 1.82) is 0 Å². The molecular weight excluding hydrogens is 136 g/mol. The SMILES string of the molecule is C=C[C@@H]1Cc2ccccc2O1. The Labute approximate surface area is 66.3 Å². The molecule has 0 radical (unpaired) electrons. The lowest BCUT2D eigenvalue weighted by molar-refractivity contribution is 0.284. The topological polar surface area (TPSA) is 9.23 Å². The molecule has 1 aromatic rings. The van der Waals surface area contributed by atoms with Crippen LogP contribution in [0, 0.1) is 0 Å². The minimum Gasteiger partial charge on any atom is -0.486 e. The summed E-state index contributed by atoms with van der Waals surface area (Å²) < 4.78 is 5.54. The largest absolute Gasteiger partial charge is 0.486 e. The van der Waals surface area contributed by atoms with Crippen molar-refractivity contribution in [2.45, 2.75) is 12.5 Å². The van der Waals surface area contributed by atoms with Gasteiger partial charge in [-0.05, 0) is 11.6 Å². The molecule has 1 aliphatic rings. The molecule has 0 amide bonds. The minimum atomic E-state index is 0.187. The Balaban J connectivity index is 2.33. The second-order valence-electron chi connectivity index (χ2n) is 2.70. The van der Waals surface area contributed by atoms with Gasteiger partial charge in [-0.25, -0.2) is 0 Å². The lowest BCUT2D eigenvalue weighted by Crippen LogP contribution is -2.07. The lowest BCUT2D eigenvalue weighted by atomic mass is 10.1. The van der Waals surface area contributed by atoms with Crippen LogP contribution in [0.5, 0.6) is 5.75 Å². The molecule has 2 rings (SSSR count). The Kier molecular flexibility index (Phi) is 1.42. The van der Waals surface area contributed by atoms with Crippen LogP contribution in [0.3, 0.4) is 0 Å². The van der Waals surface area contributed by atoms with E-state index in [1.54, 1.807) is 0 Å². The summed E-state index contributed by atoms with van der Waals surface area (Å²) in [6.45, 7) is 3.70. The molecule has 1 aliphatic heterocycles. The Morgan fingerprint density at radius 1 is 1.45 bits per heavy atom. The van der Waals surface area contributed by atoms with Crippen LogP contribution in [0.4, 0.5) is 0 Å². The van der Waals surface area contributed by atoms with Gasteiger partial charge in [0.1, 0.15) is 11.9 Å². The molecule has 0 saturated carbocycles. The molecular formula is C10H10O. The second kappa shape index (κ2) is 2.42. The summed E-state index contributed by atoms with van der Waals surface area (Å²) in [5.74, 6) is 1.01. The molecule has 0 aliphatic carbocycles. The van der Waals surface area contributed by atoms with Crippen molar-refractivity contribution < 1.29 is 4.74 Å². The van der Waals surface area contributed by atoms with Gasteiger partial charge in [0.15, 0.2) is 0 Å². The molecule has 11 heavy (non-hydrogen) atoms. The Morgan fingerprint density at radius 3 is 3.00 bits per heavy atom. The average Bonchev–Trinajstić information content (AvgIpc) is 2.46. The Bertz CT molecular complexity index is 253. The summed E-state index contributed by atoms with van der Waals surface area (Å²) in [6.07, 6.45) is 3.01. The van der Waals surface area contributed by atoms with E-state index in [1.165, 1.54) is 5.56 Å². The first-order chi connectivity index (χ1) is 5.40. The van der Waals surface area contributed by atoms with E-state index in [-0.39, 0.29) is 6.10 Å². The molecule has 1 atom stereocenters. The van der Waals surface area contributed by atoms with Crippen molar-refractivity contribution in [3.8, 4) is 5.75 Å². The van der Waals surface area contributed by atoms with Gasteiger partial charge >= 0.3 is 0 Å².